The number of hydrogen-bond acceptors (Lipinski definition) is 3. The van der Waals surface area contributed by atoms with Gasteiger partial charge >= 0.3 is 6.16 Å². The SMILES string of the molecule is Cc1ccccc1Cc1cccc(OC(=O)Oc2cccc(Cc3ccccc3C)c2C)c1C. The van der Waals surface area contributed by atoms with Crippen LogP contribution in [0, 0.1) is 27.7 Å². The van der Waals surface area contributed by atoms with E-state index in [2.05, 4.69) is 50.2 Å². The van der Waals surface area contributed by atoms with Gasteiger partial charge in [0.05, 0.1) is 0 Å². The van der Waals surface area contributed by atoms with Gasteiger partial charge in [0, 0.05) is 0 Å². The van der Waals surface area contributed by atoms with E-state index in [1.54, 1.807) is 12.1 Å². The van der Waals surface area contributed by atoms with Gasteiger partial charge in [0.1, 0.15) is 11.5 Å². The fourth-order valence-corrected chi connectivity index (χ4v) is 4.15. The van der Waals surface area contributed by atoms with Crippen molar-refractivity contribution in [2.24, 2.45) is 0 Å². The molecule has 0 N–H and O–H groups in total. The maximum atomic E-state index is 12.7. The van der Waals surface area contributed by atoms with E-state index in [-0.39, 0.29) is 0 Å². The zero-order chi connectivity index (χ0) is 24.1. The summed E-state index contributed by atoms with van der Waals surface area (Å²) in [5, 5.41) is 0. The molecule has 0 atom stereocenters. The summed E-state index contributed by atoms with van der Waals surface area (Å²) >= 11 is 0. The Morgan fingerprint density at radius 2 is 0.912 bits per heavy atom. The number of hydrogen-bond donors (Lipinski definition) is 0. The van der Waals surface area contributed by atoms with E-state index < -0.39 is 6.16 Å². The first-order chi connectivity index (χ1) is 16.4. The zero-order valence-electron chi connectivity index (χ0n) is 20.2. The minimum absolute atomic E-state index is 0.518. The van der Waals surface area contributed by atoms with E-state index in [4.69, 9.17) is 9.47 Å². The number of carbonyl (C=O) groups excluding carboxylic acids is 1. The molecule has 0 aliphatic heterocycles. The second-order valence-corrected chi connectivity index (χ2v) is 8.74. The predicted molar refractivity (Wildman–Crippen MR) is 137 cm³/mol. The summed E-state index contributed by atoms with van der Waals surface area (Å²) in [6.45, 7) is 8.17. The molecule has 4 rings (SSSR count). The lowest BCUT2D eigenvalue weighted by molar-refractivity contribution is 0.151. The van der Waals surface area contributed by atoms with Crippen LogP contribution in [0.3, 0.4) is 0 Å². The van der Waals surface area contributed by atoms with Crippen LogP contribution >= 0.6 is 0 Å². The van der Waals surface area contributed by atoms with Crippen molar-refractivity contribution in [3.05, 3.63) is 129 Å². The average Bonchev–Trinajstić information content (AvgIpc) is 2.82. The first kappa shape index (κ1) is 23.3. The van der Waals surface area contributed by atoms with Crippen LogP contribution in [-0.2, 0) is 12.8 Å². The fraction of sp³-hybridized carbons (Fsp3) is 0.194. The van der Waals surface area contributed by atoms with E-state index in [0.717, 1.165) is 35.1 Å². The van der Waals surface area contributed by atoms with Gasteiger partial charge in [-0.2, -0.15) is 0 Å². The molecule has 0 saturated carbocycles. The van der Waals surface area contributed by atoms with Gasteiger partial charge in [-0.1, -0.05) is 72.8 Å². The smallest absolute Gasteiger partial charge is 0.394 e. The van der Waals surface area contributed by atoms with Gasteiger partial charge < -0.3 is 9.47 Å². The lowest BCUT2D eigenvalue weighted by Crippen LogP contribution is -2.15. The van der Waals surface area contributed by atoms with Gasteiger partial charge in [-0.05, 0) is 97.2 Å². The Labute approximate surface area is 202 Å². The highest BCUT2D eigenvalue weighted by atomic mass is 16.7. The number of ether oxygens (including phenoxy) is 2. The topological polar surface area (TPSA) is 35.5 Å². The van der Waals surface area contributed by atoms with Gasteiger partial charge in [0.25, 0.3) is 0 Å². The highest BCUT2D eigenvalue weighted by molar-refractivity contribution is 5.68. The number of rotatable bonds is 6. The van der Waals surface area contributed by atoms with Crippen molar-refractivity contribution in [2.45, 2.75) is 40.5 Å². The monoisotopic (exact) mass is 450 g/mol. The lowest BCUT2D eigenvalue weighted by atomic mass is 9.97. The Kier molecular flexibility index (Phi) is 7.12. The molecule has 0 amide bonds. The van der Waals surface area contributed by atoms with Gasteiger partial charge in [-0.3, -0.25) is 0 Å². The Hall–Kier alpha value is -3.85. The van der Waals surface area contributed by atoms with Crippen LogP contribution in [0.4, 0.5) is 4.79 Å². The Balaban J connectivity index is 1.48. The van der Waals surface area contributed by atoms with Gasteiger partial charge in [0.15, 0.2) is 0 Å². The first-order valence-electron chi connectivity index (χ1n) is 11.6. The summed E-state index contributed by atoms with van der Waals surface area (Å²) < 4.78 is 11.3. The van der Waals surface area contributed by atoms with E-state index in [0.29, 0.717) is 11.5 Å². The molecule has 4 aromatic rings. The molecule has 0 fully saturated rings. The highest BCUT2D eigenvalue weighted by Crippen LogP contribution is 2.27. The molecule has 3 heteroatoms. The van der Waals surface area contributed by atoms with Crippen LogP contribution in [0.5, 0.6) is 11.5 Å². The summed E-state index contributed by atoms with van der Waals surface area (Å²) in [7, 11) is 0. The lowest BCUT2D eigenvalue weighted by Gasteiger charge is -2.15. The summed E-state index contributed by atoms with van der Waals surface area (Å²) in [5.74, 6) is 1.04. The molecule has 0 unspecified atom stereocenters. The quantitative estimate of drug-likeness (QED) is 0.223. The Bertz CT molecular complexity index is 1220. The van der Waals surface area contributed by atoms with Crippen molar-refractivity contribution < 1.29 is 14.3 Å². The predicted octanol–water partition coefficient (Wildman–Crippen LogP) is 7.68. The number of benzene rings is 4. The van der Waals surface area contributed by atoms with E-state index in [9.17, 15) is 4.79 Å². The molecule has 3 nitrogen and oxygen atoms in total. The Morgan fingerprint density at radius 1 is 0.529 bits per heavy atom. The maximum absolute atomic E-state index is 12.7. The minimum Gasteiger partial charge on any atom is -0.394 e. The largest absolute Gasteiger partial charge is 0.519 e. The van der Waals surface area contributed by atoms with Gasteiger partial charge in [-0.15, -0.1) is 0 Å². The van der Waals surface area contributed by atoms with E-state index in [1.807, 2.05) is 50.2 Å². The minimum atomic E-state index is -0.729. The molecule has 0 radical (unpaired) electrons. The third-order valence-corrected chi connectivity index (χ3v) is 6.46. The summed E-state index contributed by atoms with van der Waals surface area (Å²) in [4.78, 5) is 12.7. The number of aryl methyl sites for hydroxylation is 2. The van der Waals surface area contributed by atoms with Crippen LogP contribution in [0.25, 0.3) is 0 Å². The number of carbonyl (C=O) groups is 1. The molecule has 0 aliphatic rings. The summed E-state index contributed by atoms with van der Waals surface area (Å²) in [6, 6.07) is 28.2. The van der Waals surface area contributed by atoms with Crippen LogP contribution in [0.15, 0.2) is 84.9 Å². The molecular weight excluding hydrogens is 420 g/mol. The molecule has 0 saturated heterocycles. The molecule has 0 bridgehead atoms. The molecule has 0 spiro atoms. The zero-order valence-corrected chi connectivity index (χ0v) is 20.2. The third-order valence-electron chi connectivity index (χ3n) is 6.46. The van der Waals surface area contributed by atoms with Crippen molar-refractivity contribution in [1.82, 2.24) is 0 Å². The third kappa shape index (κ3) is 5.37. The first-order valence-corrected chi connectivity index (χ1v) is 11.6. The van der Waals surface area contributed by atoms with Crippen molar-refractivity contribution in [3.63, 3.8) is 0 Å². The maximum Gasteiger partial charge on any atom is 0.519 e. The molecule has 0 heterocycles. The summed E-state index contributed by atoms with van der Waals surface area (Å²) in [5.41, 5.74) is 9.12. The second-order valence-electron chi connectivity index (χ2n) is 8.74. The van der Waals surface area contributed by atoms with E-state index >= 15 is 0 Å². The van der Waals surface area contributed by atoms with Gasteiger partial charge in [0.2, 0.25) is 0 Å². The van der Waals surface area contributed by atoms with Crippen LogP contribution in [0.2, 0.25) is 0 Å². The average molecular weight is 451 g/mol. The fourth-order valence-electron chi connectivity index (χ4n) is 4.15. The second kappa shape index (κ2) is 10.4. The van der Waals surface area contributed by atoms with Crippen LogP contribution < -0.4 is 9.47 Å². The van der Waals surface area contributed by atoms with E-state index in [1.165, 1.54) is 22.3 Å². The van der Waals surface area contributed by atoms with Crippen LogP contribution in [0.1, 0.15) is 44.5 Å². The van der Waals surface area contributed by atoms with Gasteiger partial charge in [-0.25, -0.2) is 4.79 Å². The molecule has 34 heavy (non-hydrogen) atoms. The highest BCUT2D eigenvalue weighted by Gasteiger charge is 2.15. The Morgan fingerprint density at radius 3 is 1.32 bits per heavy atom. The van der Waals surface area contributed by atoms with Crippen molar-refractivity contribution in [3.8, 4) is 11.5 Å². The van der Waals surface area contributed by atoms with Crippen molar-refractivity contribution in [1.29, 1.82) is 0 Å². The van der Waals surface area contributed by atoms with Crippen molar-refractivity contribution in [2.75, 3.05) is 0 Å². The summed E-state index contributed by atoms with van der Waals surface area (Å²) in [6.07, 6.45) is 0.836. The van der Waals surface area contributed by atoms with Crippen molar-refractivity contribution >= 4 is 6.16 Å². The molecule has 4 aromatic carbocycles. The molecule has 172 valence electrons. The molecule has 0 aromatic heterocycles. The molecule has 0 aliphatic carbocycles. The normalized spacial score (nSPS) is 10.7. The standard InChI is InChI=1S/C31H30O3/c1-21-11-5-7-13-25(21)19-27-15-9-17-29(23(27)3)33-31(32)34-30-18-10-16-28(24(30)4)20-26-14-8-6-12-22(26)2/h5-18H,19-20H2,1-4H3. The van der Waals surface area contributed by atoms with Crippen LogP contribution in [-0.4, -0.2) is 6.16 Å². The molecular formula is C31H30O3.